The zero-order valence-corrected chi connectivity index (χ0v) is 20.5. The second-order valence-corrected chi connectivity index (χ2v) is 8.84. The number of hydrogen-bond acceptors (Lipinski definition) is 4. The first-order valence-corrected chi connectivity index (χ1v) is 11.4. The van der Waals surface area contributed by atoms with Gasteiger partial charge in [-0.3, -0.25) is 19.0 Å². The van der Waals surface area contributed by atoms with Crippen molar-refractivity contribution in [1.29, 1.82) is 0 Å². The molecule has 7 nitrogen and oxygen atoms in total. The van der Waals surface area contributed by atoms with Gasteiger partial charge in [0.1, 0.15) is 11.7 Å². The Morgan fingerprint density at radius 2 is 1.54 bits per heavy atom. The molecule has 7 heteroatoms. The summed E-state index contributed by atoms with van der Waals surface area (Å²) >= 11 is 0. The molecule has 0 radical (unpaired) electrons. The summed E-state index contributed by atoms with van der Waals surface area (Å²) in [6.45, 7) is 8.93. The lowest BCUT2D eigenvalue weighted by atomic mass is 10.1. The van der Waals surface area contributed by atoms with E-state index in [1.54, 1.807) is 25.1 Å². The smallest absolute Gasteiger partial charge is 0.278 e. The van der Waals surface area contributed by atoms with Gasteiger partial charge in [0.25, 0.3) is 5.56 Å². The van der Waals surface area contributed by atoms with Crippen LogP contribution in [0.2, 0.25) is 0 Å². The molecule has 0 saturated heterocycles. The van der Waals surface area contributed by atoms with Crippen LogP contribution in [0.4, 0.5) is 11.4 Å². The fraction of sp³-hybridized carbons (Fsp3) is 0.214. The van der Waals surface area contributed by atoms with E-state index in [1.807, 2.05) is 63.2 Å². The van der Waals surface area contributed by atoms with Crippen LogP contribution in [0.1, 0.15) is 36.6 Å². The zero-order chi connectivity index (χ0) is 25.3. The van der Waals surface area contributed by atoms with Crippen molar-refractivity contribution in [2.45, 2.75) is 40.7 Å². The van der Waals surface area contributed by atoms with Gasteiger partial charge in [0, 0.05) is 18.2 Å². The number of para-hydroxylation sites is 2. The molecule has 0 saturated carbocycles. The van der Waals surface area contributed by atoms with Crippen molar-refractivity contribution < 1.29 is 9.59 Å². The number of nitrogens with zero attached hydrogens (tertiary/aromatic N) is 2. The van der Waals surface area contributed by atoms with Gasteiger partial charge in [-0.1, -0.05) is 41.5 Å². The van der Waals surface area contributed by atoms with Gasteiger partial charge in [-0.25, -0.2) is 4.98 Å². The van der Waals surface area contributed by atoms with Crippen LogP contribution in [0.15, 0.2) is 65.5 Å². The van der Waals surface area contributed by atoms with Crippen molar-refractivity contribution >= 4 is 34.2 Å². The monoisotopic (exact) mass is 468 g/mol. The highest BCUT2D eigenvalue weighted by atomic mass is 16.2. The molecule has 1 aromatic heterocycles. The molecule has 0 aliphatic carbocycles. The Kier molecular flexibility index (Phi) is 6.51. The average Bonchev–Trinajstić information content (AvgIpc) is 2.81. The zero-order valence-electron chi connectivity index (χ0n) is 20.5. The molecule has 2 amide bonds. The molecular formula is C28H28N4O3. The van der Waals surface area contributed by atoms with Crippen LogP contribution in [0, 0.1) is 20.8 Å². The van der Waals surface area contributed by atoms with Crippen LogP contribution in [0.25, 0.3) is 22.3 Å². The van der Waals surface area contributed by atoms with E-state index in [1.165, 1.54) is 11.5 Å². The van der Waals surface area contributed by atoms with Crippen LogP contribution in [0.3, 0.4) is 0 Å². The molecule has 35 heavy (non-hydrogen) atoms. The van der Waals surface area contributed by atoms with Gasteiger partial charge in [-0.15, -0.1) is 0 Å². The minimum atomic E-state index is -0.816. The van der Waals surface area contributed by atoms with Crippen LogP contribution in [-0.4, -0.2) is 21.4 Å². The normalized spacial score (nSPS) is 11.8. The SMILES string of the molecule is CC(=O)Nc1ccc(C)cc1-c1nc2ccccc2n([C@H](C)C(=O)Nc2ccc(C)cc2C)c1=O. The van der Waals surface area contributed by atoms with Gasteiger partial charge in [-0.05, 0) is 63.6 Å². The number of nitrogens with one attached hydrogen (secondary N) is 2. The largest absolute Gasteiger partial charge is 0.326 e. The minimum Gasteiger partial charge on any atom is -0.326 e. The predicted octanol–water partition coefficient (Wildman–Crippen LogP) is 5.15. The second kappa shape index (κ2) is 9.54. The van der Waals surface area contributed by atoms with E-state index in [-0.39, 0.29) is 17.5 Å². The molecule has 0 bridgehead atoms. The highest BCUT2D eigenvalue weighted by molar-refractivity contribution is 5.96. The molecule has 0 aliphatic heterocycles. The summed E-state index contributed by atoms with van der Waals surface area (Å²) in [6, 6.07) is 17.6. The number of fused-ring (bicyclic) bond motifs is 1. The number of anilines is 2. The molecule has 1 heterocycles. The van der Waals surface area contributed by atoms with Crippen molar-refractivity contribution in [3.63, 3.8) is 0 Å². The van der Waals surface area contributed by atoms with Gasteiger partial charge in [0.2, 0.25) is 11.8 Å². The Morgan fingerprint density at radius 1 is 0.886 bits per heavy atom. The maximum atomic E-state index is 13.9. The lowest BCUT2D eigenvalue weighted by Gasteiger charge is -2.20. The highest BCUT2D eigenvalue weighted by Crippen LogP contribution is 2.28. The summed E-state index contributed by atoms with van der Waals surface area (Å²) < 4.78 is 1.47. The predicted molar refractivity (Wildman–Crippen MR) is 140 cm³/mol. The number of carbonyl (C=O) groups is 2. The van der Waals surface area contributed by atoms with E-state index in [2.05, 4.69) is 15.6 Å². The summed E-state index contributed by atoms with van der Waals surface area (Å²) in [6.07, 6.45) is 0. The Morgan fingerprint density at radius 3 is 2.23 bits per heavy atom. The van der Waals surface area contributed by atoms with Gasteiger partial charge in [0.15, 0.2) is 0 Å². The molecule has 4 rings (SSSR count). The van der Waals surface area contributed by atoms with Crippen molar-refractivity contribution in [2.24, 2.45) is 0 Å². The van der Waals surface area contributed by atoms with Gasteiger partial charge >= 0.3 is 0 Å². The van der Waals surface area contributed by atoms with E-state index in [0.29, 0.717) is 28.0 Å². The number of carbonyl (C=O) groups excluding carboxylic acids is 2. The number of amides is 2. The van der Waals surface area contributed by atoms with Crippen LogP contribution >= 0.6 is 0 Å². The van der Waals surface area contributed by atoms with Crippen LogP contribution in [-0.2, 0) is 9.59 Å². The fourth-order valence-electron chi connectivity index (χ4n) is 4.18. The Labute approximate surface area is 203 Å². The van der Waals surface area contributed by atoms with Gasteiger partial charge in [0.05, 0.1) is 16.7 Å². The molecule has 178 valence electrons. The van der Waals surface area contributed by atoms with Crippen LogP contribution in [0.5, 0.6) is 0 Å². The first-order valence-electron chi connectivity index (χ1n) is 11.4. The van der Waals surface area contributed by atoms with E-state index < -0.39 is 11.6 Å². The summed E-state index contributed by atoms with van der Waals surface area (Å²) in [7, 11) is 0. The molecule has 0 fully saturated rings. The molecule has 4 aromatic rings. The highest BCUT2D eigenvalue weighted by Gasteiger charge is 2.23. The number of hydrogen-bond donors (Lipinski definition) is 2. The van der Waals surface area contributed by atoms with Crippen molar-refractivity contribution in [3.05, 3.63) is 87.7 Å². The van der Waals surface area contributed by atoms with Crippen molar-refractivity contribution in [2.75, 3.05) is 10.6 Å². The summed E-state index contributed by atoms with van der Waals surface area (Å²) in [5.74, 6) is -0.565. The molecule has 3 aromatic carbocycles. The third kappa shape index (κ3) is 4.84. The maximum Gasteiger partial charge on any atom is 0.278 e. The summed E-state index contributed by atoms with van der Waals surface area (Å²) in [5, 5.41) is 5.74. The molecule has 1 atom stereocenters. The molecule has 2 N–H and O–H groups in total. The minimum absolute atomic E-state index is 0.169. The first-order chi connectivity index (χ1) is 16.7. The number of aryl methyl sites for hydroxylation is 3. The topological polar surface area (TPSA) is 93.1 Å². The lowest BCUT2D eigenvalue weighted by Crippen LogP contribution is -2.33. The fourth-order valence-corrected chi connectivity index (χ4v) is 4.18. The number of aromatic nitrogens is 2. The average molecular weight is 469 g/mol. The second-order valence-electron chi connectivity index (χ2n) is 8.84. The Bertz CT molecular complexity index is 1520. The molecule has 0 spiro atoms. The number of benzene rings is 3. The Hall–Kier alpha value is -4.26. The van der Waals surface area contributed by atoms with E-state index in [0.717, 1.165) is 16.7 Å². The van der Waals surface area contributed by atoms with E-state index >= 15 is 0 Å². The standard InChI is InChI=1S/C28H28N4O3/c1-16-10-12-22(18(3)14-16)31-27(34)19(4)32-25-9-7-6-8-24(25)30-26(28(32)35)21-15-17(2)11-13-23(21)29-20(5)33/h6-15,19H,1-5H3,(H,29,33)(H,31,34)/t19-/m1/s1. The van der Waals surface area contributed by atoms with Crippen molar-refractivity contribution in [3.8, 4) is 11.3 Å². The van der Waals surface area contributed by atoms with Gasteiger partial charge < -0.3 is 10.6 Å². The summed E-state index contributed by atoms with van der Waals surface area (Å²) in [4.78, 5) is 43.6. The summed E-state index contributed by atoms with van der Waals surface area (Å²) in [5.41, 5.74) is 5.53. The van der Waals surface area contributed by atoms with E-state index in [4.69, 9.17) is 0 Å². The van der Waals surface area contributed by atoms with E-state index in [9.17, 15) is 14.4 Å². The van der Waals surface area contributed by atoms with Crippen molar-refractivity contribution in [1.82, 2.24) is 9.55 Å². The number of rotatable bonds is 5. The Balaban J connectivity index is 1.87. The molecule has 0 unspecified atom stereocenters. The maximum absolute atomic E-state index is 13.9. The van der Waals surface area contributed by atoms with Gasteiger partial charge in [-0.2, -0.15) is 0 Å². The first kappa shape index (κ1) is 23.9. The quantitative estimate of drug-likeness (QED) is 0.424. The lowest BCUT2D eigenvalue weighted by molar-refractivity contribution is -0.118. The molecular weight excluding hydrogens is 440 g/mol. The van der Waals surface area contributed by atoms with Crippen LogP contribution < -0.4 is 16.2 Å². The molecule has 0 aliphatic rings. The third-order valence-electron chi connectivity index (χ3n) is 5.94. The third-order valence-corrected chi connectivity index (χ3v) is 5.94.